The van der Waals surface area contributed by atoms with Crippen molar-refractivity contribution in [3.05, 3.63) is 26.1 Å². The van der Waals surface area contributed by atoms with Crippen molar-refractivity contribution in [1.82, 2.24) is 23.6 Å². The van der Waals surface area contributed by atoms with Crippen LogP contribution in [0.1, 0.15) is 13.8 Å². The van der Waals surface area contributed by atoms with Crippen LogP contribution in [0.3, 0.4) is 0 Å². The summed E-state index contributed by atoms with van der Waals surface area (Å²) in [4.78, 5) is 43.0. The maximum absolute atomic E-state index is 12.7. The summed E-state index contributed by atoms with van der Waals surface area (Å²) in [5, 5.41) is -0.00370. The molecule has 0 aliphatic carbocycles. The van der Waals surface area contributed by atoms with E-state index in [0.717, 1.165) is 4.57 Å². The molecule has 0 aromatic carbocycles. The maximum Gasteiger partial charge on any atom is 0.332 e. The lowest BCUT2D eigenvalue weighted by atomic mass is 10.2. The van der Waals surface area contributed by atoms with Crippen LogP contribution in [0.15, 0.2) is 9.59 Å². The van der Waals surface area contributed by atoms with Gasteiger partial charge in [0.25, 0.3) is 5.56 Å². The number of hydrogen-bond donors (Lipinski definition) is 0. The smallest absolute Gasteiger partial charge is 0.332 e. The van der Waals surface area contributed by atoms with Gasteiger partial charge in [0, 0.05) is 27.2 Å². The van der Waals surface area contributed by atoms with Crippen LogP contribution in [0.2, 0.25) is 5.28 Å². The highest BCUT2D eigenvalue weighted by atomic mass is 35.5. The zero-order chi connectivity index (χ0) is 18.5. The second-order valence-corrected chi connectivity index (χ2v) is 6.74. The van der Waals surface area contributed by atoms with Crippen LogP contribution in [0.5, 0.6) is 0 Å². The van der Waals surface area contributed by atoms with E-state index in [2.05, 4.69) is 4.98 Å². The first kappa shape index (κ1) is 17.7. The molecule has 1 saturated heterocycles. The predicted octanol–water partition coefficient (Wildman–Crippen LogP) is -0.277. The third kappa shape index (κ3) is 2.98. The van der Waals surface area contributed by atoms with Crippen LogP contribution in [0, 0.1) is 0 Å². The minimum Gasteiger partial charge on any atom is -0.372 e. The van der Waals surface area contributed by atoms with Crippen molar-refractivity contribution >= 4 is 28.7 Å². The number of rotatable bonds is 2. The molecule has 0 N–H and O–H groups in total. The van der Waals surface area contributed by atoms with Gasteiger partial charge in [0.15, 0.2) is 11.2 Å². The summed E-state index contributed by atoms with van der Waals surface area (Å²) in [7, 11) is 2.88. The van der Waals surface area contributed by atoms with Gasteiger partial charge in [-0.15, -0.1) is 0 Å². The van der Waals surface area contributed by atoms with Gasteiger partial charge >= 0.3 is 5.69 Å². The number of morpholine rings is 1. The average Bonchev–Trinajstić information content (AvgIpc) is 2.87. The minimum absolute atomic E-state index is 0.00370. The Morgan fingerprint density at radius 2 is 1.80 bits per heavy atom. The molecule has 2 atom stereocenters. The number of imidazole rings is 1. The highest BCUT2D eigenvalue weighted by Gasteiger charge is 2.27. The minimum atomic E-state index is -0.533. The third-order valence-electron chi connectivity index (χ3n) is 4.37. The molecule has 3 heterocycles. The van der Waals surface area contributed by atoms with E-state index in [9.17, 15) is 14.4 Å². The highest BCUT2D eigenvalue weighted by Crippen LogP contribution is 2.17. The summed E-state index contributed by atoms with van der Waals surface area (Å²) >= 11 is 6.15. The summed E-state index contributed by atoms with van der Waals surface area (Å²) in [5.74, 6) is -0.181. The van der Waals surface area contributed by atoms with Crippen molar-refractivity contribution in [1.29, 1.82) is 0 Å². The number of ether oxygens (including phenoxy) is 1. The zero-order valence-electron chi connectivity index (χ0n) is 14.5. The van der Waals surface area contributed by atoms with Crippen LogP contribution >= 0.6 is 11.6 Å². The first-order chi connectivity index (χ1) is 11.7. The maximum atomic E-state index is 12.7. The molecule has 25 heavy (non-hydrogen) atoms. The molecule has 10 heteroatoms. The van der Waals surface area contributed by atoms with Gasteiger partial charge in [-0.05, 0) is 25.4 Å². The molecular formula is C15H20ClN5O4. The predicted molar refractivity (Wildman–Crippen MR) is 91.8 cm³/mol. The van der Waals surface area contributed by atoms with E-state index in [1.165, 1.54) is 23.2 Å². The SMILES string of the molecule is C[C@H]1CN(C(=O)Cn2c(Cl)nc3c2c(=O)n(C)c(=O)n3C)C[C@H](C)O1. The van der Waals surface area contributed by atoms with E-state index < -0.39 is 11.2 Å². The van der Waals surface area contributed by atoms with Gasteiger partial charge in [-0.25, -0.2) is 4.79 Å². The standard InChI is InChI=1S/C15H20ClN5O4/c1-8-5-20(6-9(2)25-8)10(22)7-21-11-12(17-14(21)16)18(3)15(24)19(4)13(11)23/h8-9H,5-7H2,1-4H3/t8-,9-/m0/s1. The van der Waals surface area contributed by atoms with Crippen LogP contribution in [0.25, 0.3) is 11.2 Å². The Kier molecular flexibility index (Phi) is 4.46. The van der Waals surface area contributed by atoms with E-state index in [1.54, 1.807) is 4.90 Å². The summed E-state index contributed by atoms with van der Waals surface area (Å²) in [6.07, 6.45) is -0.118. The molecule has 2 aromatic rings. The molecule has 9 nitrogen and oxygen atoms in total. The van der Waals surface area contributed by atoms with Crippen LogP contribution in [-0.4, -0.2) is 54.8 Å². The normalized spacial score (nSPS) is 21.1. The van der Waals surface area contributed by atoms with E-state index >= 15 is 0 Å². The second kappa shape index (κ2) is 6.30. The Labute approximate surface area is 148 Å². The van der Waals surface area contributed by atoms with Crippen LogP contribution in [-0.2, 0) is 30.2 Å². The van der Waals surface area contributed by atoms with E-state index in [0.29, 0.717) is 13.1 Å². The number of aryl methyl sites for hydroxylation is 1. The number of amides is 1. The number of nitrogens with zero attached hydrogens (tertiary/aromatic N) is 5. The van der Waals surface area contributed by atoms with Gasteiger partial charge in [-0.1, -0.05) is 0 Å². The lowest BCUT2D eigenvalue weighted by molar-refractivity contribution is -0.143. The fourth-order valence-corrected chi connectivity index (χ4v) is 3.41. The van der Waals surface area contributed by atoms with Gasteiger partial charge < -0.3 is 9.64 Å². The molecule has 1 aliphatic heterocycles. The largest absolute Gasteiger partial charge is 0.372 e. The van der Waals surface area contributed by atoms with Crippen molar-refractivity contribution in [2.45, 2.75) is 32.6 Å². The molecule has 136 valence electrons. The molecule has 3 rings (SSSR count). The van der Waals surface area contributed by atoms with Crippen molar-refractivity contribution in [2.75, 3.05) is 13.1 Å². The Morgan fingerprint density at radius 3 is 2.40 bits per heavy atom. The van der Waals surface area contributed by atoms with E-state index in [-0.39, 0.29) is 41.1 Å². The molecule has 0 bridgehead atoms. The van der Waals surface area contributed by atoms with Crippen LogP contribution < -0.4 is 11.2 Å². The molecule has 0 spiro atoms. The third-order valence-corrected chi connectivity index (χ3v) is 4.66. The number of aromatic nitrogens is 4. The van der Waals surface area contributed by atoms with Gasteiger partial charge in [0.1, 0.15) is 6.54 Å². The quantitative estimate of drug-likeness (QED) is 0.679. The van der Waals surface area contributed by atoms with Crippen molar-refractivity contribution in [3.63, 3.8) is 0 Å². The van der Waals surface area contributed by atoms with Gasteiger partial charge in [-0.2, -0.15) is 4.98 Å². The number of carbonyl (C=O) groups is 1. The Hall–Kier alpha value is -2.13. The Balaban J connectivity index is 2.02. The van der Waals surface area contributed by atoms with E-state index in [4.69, 9.17) is 16.3 Å². The molecular weight excluding hydrogens is 350 g/mol. The highest BCUT2D eigenvalue weighted by molar-refractivity contribution is 6.29. The molecule has 0 radical (unpaired) electrons. The molecule has 1 fully saturated rings. The Morgan fingerprint density at radius 1 is 1.20 bits per heavy atom. The fourth-order valence-electron chi connectivity index (χ4n) is 3.18. The van der Waals surface area contributed by atoms with Crippen LogP contribution in [0.4, 0.5) is 0 Å². The van der Waals surface area contributed by atoms with Gasteiger partial charge in [0.05, 0.1) is 12.2 Å². The van der Waals surface area contributed by atoms with Gasteiger partial charge in [0.2, 0.25) is 11.2 Å². The average molecular weight is 370 g/mol. The number of halogens is 1. The number of fused-ring (bicyclic) bond motifs is 1. The number of hydrogen-bond acceptors (Lipinski definition) is 5. The summed E-state index contributed by atoms with van der Waals surface area (Å²) in [6.45, 7) is 4.64. The molecule has 0 saturated carbocycles. The summed E-state index contributed by atoms with van der Waals surface area (Å²) in [6, 6.07) is 0. The Bertz CT molecular complexity index is 949. The molecule has 1 amide bonds. The second-order valence-electron chi connectivity index (χ2n) is 6.40. The molecule has 1 aliphatic rings. The lowest BCUT2D eigenvalue weighted by Crippen LogP contribution is -2.49. The summed E-state index contributed by atoms with van der Waals surface area (Å²) in [5.41, 5.74) is -0.734. The number of carbonyl (C=O) groups excluding carboxylic acids is 1. The van der Waals surface area contributed by atoms with Gasteiger partial charge in [-0.3, -0.25) is 23.3 Å². The van der Waals surface area contributed by atoms with E-state index in [1.807, 2.05) is 13.8 Å². The first-order valence-electron chi connectivity index (χ1n) is 7.95. The lowest BCUT2D eigenvalue weighted by Gasteiger charge is -2.35. The van der Waals surface area contributed by atoms with Crippen molar-refractivity contribution in [2.24, 2.45) is 14.1 Å². The molecule has 0 unspecified atom stereocenters. The van der Waals surface area contributed by atoms with Crippen molar-refractivity contribution in [3.8, 4) is 0 Å². The first-order valence-corrected chi connectivity index (χ1v) is 8.33. The fraction of sp³-hybridized carbons (Fsp3) is 0.600. The zero-order valence-corrected chi connectivity index (χ0v) is 15.3. The molecule has 2 aromatic heterocycles. The monoisotopic (exact) mass is 369 g/mol. The summed E-state index contributed by atoms with van der Waals surface area (Å²) < 4.78 is 9.19. The van der Waals surface area contributed by atoms with Crippen molar-refractivity contribution < 1.29 is 9.53 Å². The topological polar surface area (TPSA) is 91.4 Å².